The summed E-state index contributed by atoms with van der Waals surface area (Å²) in [5, 5.41) is 11.3. The second-order valence-electron chi connectivity index (χ2n) is 4.50. The number of benzene rings is 1. The molecule has 0 aliphatic rings. The molecule has 1 aromatic rings. The van der Waals surface area contributed by atoms with Gasteiger partial charge in [-0.3, -0.25) is 4.79 Å². The first-order chi connectivity index (χ1) is 8.36. The smallest absolute Gasteiger partial charge is 0.241 e. The van der Waals surface area contributed by atoms with E-state index in [9.17, 15) is 9.18 Å². The number of amides is 1. The molecule has 0 radical (unpaired) electrons. The molecule has 3 N–H and O–H groups in total. The Hall–Kier alpha value is -1.93. The van der Waals surface area contributed by atoms with Crippen molar-refractivity contribution < 1.29 is 9.18 Å². The Bertz CT molecular complexity index is 506. The van der Waals surface area contributed by atoms with Gasteiger partial charge < -0.3 is 11.1 Å². The highest BCUT2D eigenvalue weighted by Gasteiger charge is 2.18. The number of hydrogen-bond acceptors (Lipinski definition) is 3. The molecule has 0 heterocycles. The van der Waals surface area contributed by atoms with Gasteiger partial charge in [-0.25, -0.2) is 4.39 Å². The van der Waals surface area contributed by atoms with Crippen molar-refractivity contribution in [2.75, 3.05) is 5.32 Å². The predicted octanol–water partition coefficient (Wildman–Crippen LogP) is 1.93. The van der Waals surface area contributed by atoms with E-state index in [4.69, 9.17) is 11.0 Å². The van der Waals surface area contributed by atoms with E-state index in [1.54, 1.807) is 0 Å². The molecule has 0 fully saturated rings. The third-order valence-electron chi connectivity index (χ3n) is 2.75. The lowest BCUT2D eigenvalue weighted by Gasteiger charge is -2.16. The van der Waals surface area contributed by atoms with Gasteiger partial charge in [0, 0.05) is 11.3 Å². The number of halogens is 1. The van der Waals surface area contributed by atoms with Crippen LogP contribution in [0.2, 0.25) is 0 Å². The van der Waals surface area contributed by atoms with Crippen LogP contribution in [-0.4, -0.2) is 11.9 Å². The van der Waals surface area contributed by atoms with Gasteiger partial charge >= 0.3 is 0 Å². The highest BCUT2D eigenvalue weighted by atomic mass is 19.1. The molecule has 1 atom stereocenters. The number of nitrogens with zero attached hydrogens (tertiary/aromatic N) is 1. The van der Waals surface area contributed by atoms with Gasteiger partial charge in [0.2, 0.25) is 5.91 Å². The highest BCUT2D eigenvalue weighted by Crippen LogP contribution is 2.20. The van der Waals surface area contributed by atoms with Gasteiger partial charge in [-0.15, -0.1) is 0 Å². The second kappa shape index (κ2) is 5.61. The molecule has 1 rings (SSSR count). The maximum atomic E-state index is 13.5. The molecule has 0 aliphatic heterocycles. The van der Waals surface area contributed by atoms with Gasteiger partial charge in [-0.1, -0.05) is 13.8 Å². The van der Waals surface area contributed by atoms with Crippen molar-refractivity contribution in [1.82, 2.24) is 0 Å². The first-order valence-corrected chi connectivity index (χ1v) is 5.63. The molecule has 0 bridgehead atoms. The van der Waals surface area contributed by atoms with E-state index in [-0.39, 0.29) is 23.1 Å². The first kappa shape index (κ1) is 14.1. The molecule has 96 valence electrons. The monoisotopic (exact) mass is 249 g/mol. The summed E-state index contributed by atoms with van der Waals surface area (Å²) in [5.41, 5.74) is 6.43. The SMILES string of the molecule is Cc1c(F)cc(C#N)cc1NC(=O)[C@H](N)C(C)C. The topological polar surface area (TPSA) is 78.9 Å². The fourth-order valence-electron chi connectivity index (χ4n) is 1.39. The summed E-state index contributed by atoms with van der Waals surface area (Å²) >= 11 is 0. The van der Waals surface area contributed by atoms with Crippen molar-refractivity contribution in [2.45, 2.75) is 26.8 Å². The van der Waals surface area contributed by atoms with Crippen LogP contribution in [0.25, 0.3) is 0 Å². The summed E-state index contributed by atoms with van der Waals surface area (Å²) < 4.78 is 13.5. The average molecular weight is 249 g/mol. The van der Waals surface area contributed by atoms with Crippen LogP contribution in [0, 0.1) is 30.0 Å². The minimum atomic E-state index is -0.668. The summed E-state index contributed by atoms with van der Waals surface area (Å²) in [5.74, 6) is -0.931. The number of nitriles is 1. The fourth-order valence-corrected chi connectivity index (χ4v) is 1.39. The van der Waals surface area contributed by atoms with Crippen LogP contribution in [0.1, 0.15) is 25.0 Å². The van der Waals surface area contributed by atoms with Crippen LogP contribution >= 0.6 is 0 Å². The first-order valence-electron chi connectivity index (χ1n) is 5.63. The molecule has 0 saturated heterocycles. The van der Waals surface area contributed by atoms with Crippen molar-refractivity contribution in [3.63, 3.8) is 0 Å². The molecule has 0 aromatic heterocycles. The third kappa shape index (κ3) is 3.05. The Balaban J connectivity index is 3.01. The molecule has 0 saturated carbocycles. The number of anilines is 1. The van der Waals surface area contributed by atoms with Crippen LogP contribution < -0.4 is 11.1 Å². The normalized spacial score (nSPS) is 12.1. The van der Waals surface area contributed by atoms with Crippen LogP contribution in [0.5, 0.6) is 0 Å². The summed E-state index contributed by atoms with van der Waals surface area (Å²) in [6, 6.07) is 3.74. The molecule has 4 nitrogen and oxygen atoms in total. The highest BCUT2D eigenvalue weighted by molar-refractivity contribution is 5.95. The summed E-state index contributed by atoms with van der Waals surface area (Å²) in [6.45, 7) is 5.18. The van der Waals surface area contributed by atoms with Crippen LogP contribution in [0.4, 0.5) is 10.1 Å². The van der Waals surface area contributed by atoms with E-state index >= 15 is 0 Å². The van der Waals surface area contributed by atoms with E-state index in [0.29, 0.717) is 5.56 Å². The van der Waals surface area contributed by atoms with Gasteiger partial charge in [0.15, 0.2) is 0 Å². The van der Waals surface area contributed by atoms with E-state index in [1.165, 1.54) is 13.0 Å². The zero-order chi connectivity index (χ0) is 13.9. The lowest BCUT2D eigenvalue weighted by atomic mass is 10.0. The van der Waals surface area contributed by atoms with Crippen molar-refractivity contribution >= 4 is 11.6 Å². The quantitative estimate of drug-likeness (QED) is 0.859. The third-order valence-corrected chi connectivity index (χ3v) is 2.75. The number of rotatable bonds is 3. The standard InChI is InChI=1S/C13H16FN3O/c1-7(2)12(16)13(18)17-11-5-9(6-15)4-10(14)8(11)3/h4-5,7,12H,16H2,1-3H3,(H,17,18)/t12-/m1/s1. The summed E-state index contributed by atoms with van der Waals surface area (Å²) in [6.07, 6.45) is 0. The zero-order valence-corrected chi connectivity index (χ0v) is 10.6. The van der Waals surface area contributed by atoms with E-state index in [2.05, 4.69) is 5.32 Å². The van der Waals surface area contributed by atoms with E-state index in [1.807, 2.05) is 19.9 Å². The fraction of sp³-hybridized carbons (Fsp3) is 0.385. The number of carbonyl (C=O) groups excluding carboxylic acids is 1. The van der Waals surface area contributed by atoms with Gasteiger partial charge in [0.05, 0.1) is 17.7 Å². The van der Waals surface area contributed by atoms with Gasteiger partial charge in [-0.2, -0.15) is 5.26 Å². The minimum absolute atomic E-state index is 0.0192. The molecular formula is C13H16FN3O. The molecular weight excluding hydrogens is 233 g/mol. The van der Waals surface area contributed by atoms with Gasteiger partial charge in [-0.05, 0) is 25.0 Å². The van der Waals surface area contributed by atoms with Crippen molar-refractivity contribution in [3.8, 4) is 6.07 Å². The van der Waals surface area contributed by atoms with Crippen molar-refractivity contribution in [3.05, 3.63) is 29.1 Å². The van der Waals surface area contributed by atoms with E-state index in [0.717, 1.165) is 6.07 Å². The maximum absolute atomic E-state index is 13.5. The van der Waals surface area contributed by atoms with Crippen LogP contribution in [0.3, 0.4) is 0 Å². The van der Waals surface area contributed by atoms with E-state index < -0.39 is 11.9 Å². The molecule has 5 heteroatoms. The zero-order valence-electron chi connectivity index (χ0n) is 10.6. The Morgan fingerprint density at radius 1 is 1.50 bits per heavy atom. The van der Waals surface area contributed by atoms with Gasteiger partial charge in [0.1, 0.15) is 5.82 Å². The number of carbonyl (C=O) groups is 1. The largest absolute Gasteiger partial charge is 0.324 e. The Kier molecular flexibility index (Phi) is 4.40. The summed E-state index contributed by atoms with van der Waals surface area (Å²) in [7, 11) is 0. The Labute approximate surface area is 106 Å². The molecule has 1 amide bonds. The minimum Gasteiger partial charge on any atom is -0.324 e. The molecule has 0 aliphatic carbocycles. The Morgan fingerprint density at radius 2 is 2.11 bits per heavy atom. The summed E-state index contributed by atoms with van der Waals surface area (Å²) in [4.78, 5) is 11.8. The van der Waals surface area contributed by atoms with Crippen molar-refractivity contribution in [1.29, 1.82) is 5.26 Å². The van der Waals surface area contributed by atoms with Crippen LogP contribution in [-0.2, 0) is 4.79 Å². The molecule has 18 heavy (non-hydrogen) atoms. The maximum Gasteiger partial charge on any atom is 0.241 e. The second-order valence-corrected chi connectivity index (χ2v) is 4.50. The molecule has 0 spiro atoms. The molecule has 1 aromatic carbocycles. The Morgan fingerprint density at radius 3 is 2.61 bits per heavy atom. The number of hydrogen-bond donors (Lipinski definition) is 2. The van der Waals surface area contributed by atoms with Crippen LogP contribution in [0.15, 0.2) is 12.1 Å². The van der Waals surface area contributed by atoms with Gasteiger partial charge in [0.25, 0.3) is 0 Å². The van der Waals surface area contributed by atoms with Crippen molar-refractivity contribution in [2.24, 2.45) is 11.7 Å². The average Bonchev–Trinajstić information content (AvgIpc) is 2.33. The number of nitrogens with two attached hydrogens (primary N) is 1. The predicted molar refractivity (Wildman–Crippen MR) is 67.3 cm³/mol. The lowest BCUT2D eigenvalue weighted by Crippen LogP contribution is -2.39. The lowest BCUT2D eigenvalue weighted by molar-refractivity contribution is -0.118. The molecule has 0 unspecified atom stereocenters. The number of nitrogens with one attached hydrogen (secondary N) is 1.